The van der Waals surface area contributed by atoms with Crippen LogP contribution in [0.3, 0.4) is 0 Å². The van der Waals surface area contributed by atoms with Crippen molar-refractivity contribution >= 4 is 23.2 Å². The van der Waals surface area contributed by atoms with Crippen LogP contribution in [0.15, 0.2) is 0 Å². The summed E-state index contributed by atoms with van der Waals surface area (Å²) in [7, 11) is 0. The number of hydrogen-bond acceptors (Lipinski definition) is 0. The Kier molecular flexibility index (Phi) is 3.01. The predicted octanol–water partition coefficient (Wildman–Crippen LogP) is 1.76. The Bertz CT molecular complexity index is 21.6. The summed E-state index contributed by atoms with van der Waals surface area (Å²) in [6.45, 7) is 0. The summed E-state index contributed by atoms with van der Waals surface area (Å²) < 4.78 is 11.1. The molecule has 0 spiro atoms. The minimum Gasteiger partial charge on any atom is -0.229 e. The summed E-state index contributed by atoms with van der Waals surface area (Å²) in [6, 6.07) is 0. The molecule has 32 valence electrons. The SMILES string of the molecule is F[C@@H](Cl)CCl. The highest BCUT2D eigenvalue weighted by molar-refractivity contribution is 6.27. The molecule has 0 amide bonds. The molecule has 0 unspecified atom stereocenters. The maximum Gasteiger partial charge on any atom is 0.186 e. The van der Waals surface area contributed by atoms with Crippen molar-refractivity contribution in [1.82, 2.24) is 0 Å². The van der Waals surface area contributed by atoms with Gasteiger partial charge in [-0.25, -0.2) is 4.39 Å². The van der Waals surface area contributed by atoms with Gasteiger partial charge >= 0.3 is 0 Å². The molecule has 0 rings (SSSR count). The number of halogens is 3. The van der Waals surface area contributed by atoms with E-state index < -0.39 is 5.63 Å². The Morgan fingerprint density at radius 1 is 1.80 bits per heavy atom. The lowest BCUT2D eigenvalue weighted by atomic mass is 10.9. The average Bonchev–Trinajstić information content (AvgIpc) is 1.38. The van der Waals surface area contributed by atoms with E-state index in [1.165, 1.54) is 0 Å². The Morgan fingerprint density at radius 2 is 2.00 bits per heavy atom. The van der Waals surface area contributed by atoms with Gasteiger partial charge in [0.25, 0.3) is 0 Å². The van der Waals surface area contributed by atoms with Crippen molar-refractivity contribution in [2.45, 2.75) is 5.63 Å². The molecule has 0 bridgehead atoms. The van der Waals surface area contributed by atoms with Gasteiger partial charge in [-0.2, -0.15) is 0 Å². The maximum absolute atomic E-state index is 11.1. The zero-order valence-corrected chi connectivity index (χ0v) is 3.93. The fourth-order valence-corrected chi connectivity index (χ4v) is 0. The second-order valence-corrected chi connectivity index (χ2v) is 1.33. The molecule has 0 aromatic carbocycles. The first-order chi connectivity index (χ1) is 2.27. The molecule has 0 aliphatic rings. The van der Waals surface area contributed by atoms with Gasteiger partial charge in [0, 0.05) is 0 Å². The Hall–Kier alpha value is 0.510. The van der Waals surface area contributed by atoms with Gasteiger partial charge in [0.15, 0.2) is 5.63 Å². The van der Waals surface area contributed by atoms with Crippen molar-refractivity contribution < 1.29 is 4.39 Å². The molecule has 0 nitrogen and oxygen atoms in total. The molecule has 5 heavy (non-hydrogen) atoms. The molecule has 0 fully saturated rings. The Labute approximate surface area is 39.9 Å². The lowest BCUT2D eigenvalue weighted by Crippen LogP contribution is -1.84. The minimum atomic E-state index is -1.38. The van der Waals surface area contributed by atoms with Crippen molar-refractivity contribution in [3.05, 3.63) is 0 Å². The highest BCUT2D eigenvalue weighted by Crippen LogP contribution is 1.96. The van der Waals surface area contributed by atoms with Gasteiger partial charge in [0.05, 0.1) is 5.88 Å². The van der Waals surface area contributed by atoms with Crippen LogP contribution in [0.2, 0.25) is 0 Å². The summed E-state index contributed by atoms with van der Waals surface area (Å²) in [6.07, 6.45) is 0. The molecule has 0 N–H and O–H groups in total. The first-order valence-corrected chi connectivity index (χ1v) is 2.08. The minimum absolute atomic E-state index is 0.123. The van der Waals surface area contributed by atoms with Crippen LogP contribution in [0.1, 0.15) is 0 Å². The highest BCUT2D eigenvalue weighted by Gasteiger charge is 1.91. The number of rotatable bonds is 1. The van der Waals surface area contributed by atoms with Gasteiger partial charge in [-0.15, -0.1) is 11.6 Å². The molecule has 0 aromatic heterocycles. The Morgan fingerprint density at radius 3 is 2.00 bits per heavy atom. The molecule has 0 heterocycles. The molecule has 0 aliphatic carbocycles. The smallest absolute Gasteiger partial charge is 0.186 e. The normalized spacial score (nSPS) is 15.0. The molecule has 0 aliphatic heterocycles. The van der Waals surface area contributed by atoms with Crippen molar-refractivity contribution in [3.63, 3.8) is 0 Å². The first-order valence-electron chi connectivity index (χ1n) is 1.11. The van der Waals surface area contributed by atoms with Crippen molar-refractivity contribution in [2.75, 3.05) is 5.88 Å². The zero-order valence-electron chi connectivity index (χ0n) is 2.42. The van der Waals surface area contributed by atoms with Crippen LogP contribution in [0.4, 0.5) is 4.39 Å². The van der Waals surface area contributed by atoms with Gasteiger partial charge in [-0.05, 0) is 0 Å². The summed E-state index contributed by atoms with van der Waals surface area (Å²) in [4.78, 5) is 0. The third kappa shape index (κ3) is 4.51. The van der Waals surface area contributed by atoms with E-state index in [1.54, 1.807) is 0 Å². The summed E-state index contributed by atoms with van der Waals surface area (Å²) in [5.41, 5.74) is -1.38. The van der Waals surface area contributed by atoms with Crippen LogP contribution in [-0.2, 0) is 0 Å². The lowest BCUT2D eigenvalue weighted by Gasteiger charge is -1.81. The summed E-state index contributed by atoms with van der Waals surface area (Å²) >= 11 is 9.49. The van der Waals surface area contributed by atoms with E-state index in [9.17, 15) is 4.39 Å². The second-order valence-electron chi connectivity index (χ2n) is 0.545. The predicted molar refractivity (Wildman–Crippen MR) is 21.5 cm³/mol. The fourth-order valence-electron chi connectivity index (χ4n) is 0. The molecule has 3 heteroatoms. The molecule has 0 saturated heterocycles. The molecule has 1 atom stereocenters. The fraction of sp³-hybridized carbons (Fsp3) is 1.00. The third-order valence-electron chi connectivity index (χ3n) is 0.117. The van der Waals surface area contributed by atoms with E-state index in [0.717, 1.165) is 0 Å². The topological polar surface area (TPSA) is 0 Å². The van der Waals surface area contributed by atoms with Gasteiger partial charge < -0.3 is 0 Å². The monoisotopic (exact) mass is 116 g/mol. The van der Waals surface area contributed by atoms with Crippen LogP contribution < -0.4 is 0 Å². The van der Waals surface area contributed by atoms with Crippen LogP contribution in [0.5, 0.6) is 0 Å². The maximum atomic E-state index is 11.1. The van der Waals surface area contributed by atoms with Gasteiger partial charge in [-0.1, -0.05) is 11.6 Å². The summed E-state index contributed by atoms with van der Waals surface area (Å²) in [5.74, 6) is -0.123. The third-order valence-corrected chi connectivity index (χ3v) is 0.700. The quantitative estimate of drug-likeness (QED) is 0.459. The van der Waals surface area contributed by atoms with Crippen molar-refractivity contribution in [2.24, 2.45) is 0 Å². The molecule has 0 radical (unpaired) electrons. The largest absolute Gasteiger partial charge is 0.229 e. The van der Waals surface area contributed by atoms with Crippen molar-refractivity contribution in [3.8, 4) is 0 Å². The van der Waals surface area contributed by atoms with E-state index in [-0.39, 0.29) is 5.88 Å². The van der Waals surface area contributed by atoms with E-state index in [0.29, 0.717) is 0 Å². The van der Waals surface area contributed by atoms with E-state index in [2.05, 4.69) is 11.6 Å². The molecular weight excluding hydrogens is 114 g/mol. The first kappa shape index (κ1) is 5.51. The van der Waals surface area contributed by atoms with Gasteiger partial charge in [0.1, 0.15) is 0 Å². The number of hydrogen-bond donors (Lipinski definition) is 0. The molecule has 0 aromatic rings. The van der Waals surface area contributed by atoms with Crippen LogP contribution in [0.25, 0.3) is 0 Å². The average molecular weight is 117 g/mol. The van der Waals surface area contributed by atoms with E-state index in [4.69, 9.17) is 11.6 Å². The van der Waals surface area contributed by atoms with Crippen LogP contribution in [-0.4, -0.2) is 11.5 Å². The van der Waals surface area contributed by atoms with E-state index in [1.807, 2.05) is 0 Å². The lowest BCUT2D eigenvalue weighted by molar-refractivity contribution is 0.479. The van der Waals surface area contributed by atoms with Gasteiger partial charge in [0.2, 0.25) is 0 Å². The molecule has 0 saturated carbocycles. The van der Waals surface area contributed by atoms with E-state index >= 15 is 0 Å². The highest BCUT2D eigenvalue weighted by atomic mass is 35.5. The zero-order chi connectivity index (χ0) is 4.28. The molecular formula is C2H3Cl2F. The summed E-state index contributed by atoms with van der Waals surface area (Å²) in [5, 5.41) is 0. The second kappa shape index (κ2) is 2.73. The number of alkyl halides is 3. The van der Waals surface area contributed by atoms with Crippen molar-refractivity contribution in [1.29, 1.82) is 0 Å². The standard InChI is InChI=1S/C2H3Cl2F/c3-1-2(4)5/h2H,1H2/t2-/m1/s1. The van der Waals surface area contributed by atoms with Gasteiger partial charge in [-0.3, -0.25) is 0 Å². The van der Waals surface area contributed by atoms with Crippen LogP contribution >= 0.6 is 23.2 Å². The van der Waals surface area contributed by atoms with Crippen LogP contribution in [0, 0.1) is 0 Å². The Balaban J connectivity index is 2.54.